The van der Waals surface area contributed by atoms with Crippen LogP contribution in [0.1, 0.15) is 30.5 Å². The van der Waals surface area contributed by atoms with E-state index in [0.29, 0.717) is 5.82 Å². The maximum Gasteiger partial charge on any atom is 0.128 e. The summed E-state index contributed by atoms with van der Waals surface area (Å²) in [7, 11) is 0. The molecule has 0 fully saturated rings. The van der Waals surface area contributed by atoms with E-state index in [9.17, 15) is 0 Å². The molecule has 3 N–H and O–H groups in total. The molecule has 0 aliphatic heterocycles. The van der Waals surface area contributed by atoms with Crippen molar-refractivity contribution in [3.05, 3.63) is 52.4 Å². The summed E-state index contributed by atoms with van der Waals surface area (Å²) in [5.74, 6) is 0.552. The first-order valence-electron chi connectivity index (χ1n) is 6.26. The molecule has 1 atom stereocenters. The summed E-state index contributed by atoms with van der Waals surface area (Å²) in [5.41, 5.74) is 8.04. The van der Waals surface area contributed by atoms with E-state index >= 15 is 0 Å². The molecular formula is C14H17BrN4. The van der Waals surface area contributed by atoms with Crippen LogP contribution in [0, 0.1) is 0 Å². The van der Waals surface area contributed by atoms with Crippen LogP contribution in [-0.2, 0) is 0 Å². The zero-order valence-electron chi connectivity index (χ0n) is 10.8. The van der Waals surface area contributed by atoms with Crippen molar-refractivity contribution in [1.82, 2.24) is 15.3 Å². The van der Waals surface area contributed by atoms with E-state index in [4.69, 9.17) is 5.73 Å². The van der Waals surface area contributed by atoms with Gasteiger partial charge in [-0.1, -0.05) is 13.0 Å². The van der Waals surface area contributed by atoms with Crippen LogP contribution < -0.4 is 11.1 Å². The van der Waals surface area contributed by atoms with Crippen molar-refractivity contribution in [1.29, 1.82) is 0 Å². The Labute approximate surface area is 121 Å². The second-order valence-electron chi connectivity index (χ2n) is 4.30. The molecule has 0 saturated carbocycles. The molecule has 1 unspecified atom stereocenters. The second-order valence-corrected chi connectivity index (χ2v) is 5.22. The Bertz CT molecular complexity index is 544. The monoisotopic (exact) mass is 320 g/mol. The normalized spacial score (nSPS) is 12.3. The molecule has 2 aromatic rings. The largest absolute Gasteiger partial charge is 0.383 e. The first-order valence-corrected chi connectivity index (χ1v) is 7.06. The van der Waals surface area contributed by atoms with Gasteiger partial charge in [-0.05, 0) is 46.6 Å². The lowest BCUT2D eigenvalue weighted by Gasteiger charge is -2.20. The predicted molar refractivity (Wildman–Crippen MR) is 80.7 cm³/mol. The minimum atomic E-state index is 0.0126. The minimum Gasteiger partial charge on any atom is -0.383 e. The highest BCUT2D eigenvalue weighted by atomic mass is 79.9. The van der Waals surface area contributed by atoms with E-state index in [1.165, 1.54) is 0 Å². The maximum absolute atomic E-state index is 5.99. The Balaban J connectivity index is 2.38. The van der Waals surface area contributed by atoms with E-state index in [1.54, 1.807) is 12.4 Å². The standard InChI is InChI=1S/C14H17BrN4/c1-2-5-18-13(10-7-11(15)9-17-8-10)12-4-3-6-19-14(12)16/h3-4,6-9,13,18H,2,5H2,1H3,(H2,16,19). The second kappa shape index (κ2) is 6.63. The number of anilines is 1. The lowest BCUT2D eigenvalue weighted by Crippen LogP contribution is -2.24. The fourth-order valence-electron chi connectivity index (χ4n) is 1.96. The van der Waals surface area contributed by atoms with Gasteiger partial charge in [0.25, 0.3) is 0 Å². The van der Waals surface area contributed by atoms with Gasteiger partial charge >= 0.3 is 0 Å². The van der Waals surface area contributed by atoms with Crippen LogP contribution in [0.2, 0.25) is 0 Å². The lowest BCUT2D eigenvalue weighted by atomic mass is 10.0. The number of aromatic nitrogens is 2. The number of hydrogen-bond donors (Lipinski definition) is 2. The number of halogens is 1. The van der Waals surface area contributed by atoms with Crippen LogP contribution in [0.4, 0.5) is 5.82 Å². The highest BCUT2D eigenvalue weighted by Gasteiger charge is 2.16. The van der Waals surface area contributed by atoms with E-state index in [0.717, 1.165) is 28.6 Å². The predicted octanol–water partition coefficient (Wildman–Crippen LogP) is 2.91. The van der Waals surface area contributed by atoms with Gasteiger partial charge in [0.2, 0.25) is 0 Å². The van der Waals surface area contributed by atoms with Crippen molar-refractivity contribution in [2.45, 2.75) is 19.4 Å². The molecule has 4 nitrogen and oxygen atoms in total. The molecule has 5 heteroatoms. The van der Waals surface area contributed by atoms with Crippen molar-refractivity contribution < 1.29 is 0 Å². The molecular weight excluding hydrogens is 304 g/mol. The van der Waals surface area contributed by atoms with Gasteiger partial charge in [-0.15, -0.1) is 0 Å². The summed E-state index contributed by atoms with van der Waals surface area (Å²) in [6.45, 7) is 3.04. The summed E-state index contributed by atoms with van der Waals surface area (Å²) >= 11 is 3.45. The first kappa shape index (κ1) is 14.0. The Morgan fingerprint density at radius 1 is 1.42 bits per heavy atom. The average molecular weight is 321 g/mol. The quantitative estimate of drug-likeness (QED) is 0.889. The number of pyridine rings is 2. The molecule has 2 aromatic heterocycles. The van der Waals surface area contributed by atoms with Gasteiger partial charge in [-0.25, -0.2) is 4.98 Å². The van der Waals surface area contributed by atoms with Gasteiger partial charge in [0.15, 0.2) is 0 Å². The van der Waals surface area contributed by atoms with Gasteiger partial charge in [-0.3, -0.25) is 4.98 Å². The van der Waals surface area contributed by atoms with Gasteiger partial charge in [0, 0.05) is 28.6 Å². The Morgan fingerprint density at radius 2 is 2.26 bits per heavy atom. The molecule has 0 amide bonds. The van der Waals surface area contributed by atoms with Gasteiger partial charge in [-0.2, -0.15) is 0 Å². The molecule has 2 rings (SSSR count). The van der Waals surface area contributed by atoms with Gasteiger partial charge < -0.3 is 11.1 Å². The summed E-state index contributed by atoms with van der Waals surface area (Å²) in [4.78, 5) is 8.38. The molecule has 0 aromatic carbocycles. The molecule has 0 saturated heterocycles. The smallest absolute Gasteiger partial charge is 0.128 e. The third-order valence-electron chi connectivity index (χ3n) is 2.84. The molecule has 2 heterocycles. The molecule has 0 aliphatic carbocycles. The number of nitrogen functional groups attached to an aromatic ring is 1. The fourth-order valence-corrected chi connectivity index (χ4v) is 2.34. The van der Waals surface area contributed by atoms with E-state index < -0.39 is 0 Å². The van der Waals surface area contributed by atoms with Crippen LogP contribution in [0.25, 0.3) is 0 Å². The van der Waals surface area contributed by atoms with Crippen molar-refractivity contribution in [2.24, 2.45) is 0 Å². The van der Waals surface area contributed by atoms with Crippen LogP contribution >= 0.6 is 15.9 Å². The van der Waals surface area contributed by atoms with E-state index in [1.807, 2.05) is 24.4 Å². The molecule has 0 aliphatic rings. The highest BCUT2D eigenvalue weighted by molar-refractivity contribution is 9.10. The van der Waals surface area contributed by atoms with Crippen LogP contribution in [-0.4, -0.2) is 16.5 Å². The van der Waals surface area contributed by atoms with Crippen molar-refractivity contribution in [3.63, 3.8) is 0 Å². The summed E-state index contributed by atoms with van der Waals surface area (Å²) < 4.78 is 0.954. The first-order chi connectivity index (χ1) is 9.22. The SMILES string of the molecule is CCCNC(c1cncc(Br)c1)c1cccnc1N. The average Bonchev–Trinajstić information content (AvgIpc) is 2.41. The van der Waals surface area contributed by atoms with Crippen LogP contribution in [0.15, 0.2) is 41.3 Å². The summed E-state index contributed by atoms with van der Waals surface area (Å²) in [5, 5.41) is 3.49. The molecule has 19 heavy (non-hydrogen) atoms. The van der Waals surface area contributed by atoms with Crippen LogP contribution in [0.3, 0.4) is 0 Å². The highest BCUT2D eigenvalue weighted by Crippen LogP contribution is 2.26. The molecule has 0 spiro atoms. The zero-order valence-corrected chi connectivity index (χ0v) is 12.4. The van der Waals surface area contributed by atoms with Crippen molar-refractivity contribution >= 4 is 21.7 Å². The maximum atomic E-state index is 5.99. The zero-order chi connectivity index (χ0) is 13.7. The Hall–Kier alpha value is -1.46. The Morgan fingerprint density at radius 3 is 2.95 bits per heavy atom. The summed E-state index contributed by atoms with van der Waals surface area (Å²) in [6, 6.07) is 5.96. The number of nitrogens with two attached hydrogens (primary N) is 1. The number of rotatable bonds is 5. The van der Waals surface area contributed by atoms with E-state index in [2.05, 4.69) is 38.1 Å². The fraction of sp³-hybridized carbons (Fsp3) is 0.286. The Kier molecular flexibility index (Phi) is 4.87. The lowest BCUT2D eigenvalue weighted by molar-refractivity contribution is 0.597. The third kappa shape index (κ3) is 3.52. The van der Waals surface area contributed by atoms with Crippen molar-refractivity contribution in [2.75, 3.05) is 12.3 Å². The van der Waals surface area contributed by atoms with Crippen LogP contribution in [0.5, 0.6) is 0 Å². The molecule has 0 bridgehead atoms. The number of nitrogens with zero attached hydrogens (tertiary/aromatic N) is 2. The molecule has 100 valence electrons. The minimum absolute atomic E-state index is 0.0126. The van der Waals surface area contributed by atoms with Gasteiger partial charge in [0.05, 0.1) is 6.04 Å². The van der Waals surface area contributed by atoms with Gasteiger partial charge in [0.1, 0.15) is 5.82 Å². The van der Waals surface area contributed by atoms with E-state index in [-0.39, 0.29) is 6.04 Å². The molecule has 0 radical (unpaired) electrons. The number of hydrogen-bond acceptors (Lipinski definition) is 4. The third-order valence-corrected chi connectivity index (χ3v) is 3.27. The summed E-state index contributed by atoms with van der Waals surface area (Å²) in [6.07, 6.45) is 6.38. The topological polar surface area (TPSA) is 63.8 Å². The van der Waals surface area contributed by atoms with Crippen molar-refractivity contribution in [3.8, 4) is 0 Å². The number of nitrogens with one attached hydrogen (secondary N) is 1.